The molecule has 0 aliphatic carbocycles. The number of benzene rings is 1. The maximum Gasteiger partial charge on any atom is 0.234 e. The van der Waals surface area contributed by atoms with E-state index in [9.17, 15) is 4.79 Å². The number of furan rings is 1. The Balaban J connectivity index is 1.53. The quantitative estimate of drug-likeness (QED) is 0.378. The first kappa shape index (κ1) is 18.0. The highest BCUT2D eigenvalue weighted by Gasteiger charge is 2.18. The number of anilines is 1. The van der Waals surface area contributed by atoms with Crippen molar-refractivity contribution >= 4 is 34.3 Å². The van der Waals surface area contributed by atoms with Crippen LogP contribution in [-0.2, 0) is 11.3 Å². The third-order valence-electron chi connectivity index (χ3n) is 3.95. The van der Waals surface area contributed by atoms with Crippen molar-refractivity contribution in [2.24, 2.45) is 0 Å². The van der Waals surface area contributed by atoms with Crippen molar-refractivity contribution in [3.05, 3.63) is 67.5 Å². The number of nitrogens with one attached hydrogen (secondary N) is 1. The maximum absolute atomic E-state index is 12.2. The van der Waals surface area contributed by atoms with Gasteiger partial charge in [0.15, 0.2) is 10.9 Å². The zero-order valence-electron chi connectivity index (χ0n) is 14.9. The molecular formula is C20H17N5O2S. The number of amides is 1. The van der Waals surface area contributed by atoms with Gasteiger partial charge in [0.1, 0.15) is 5.58 Å². The lowest BCUT2D eigenvalue weighted by Crippen LogP contribution is -2.14. The van der Waals surface area contributed by atoms with Crippen molar-refractivity contribution in [3.8, 4) is 11.6 Å². The van der Waals surface area contributed by atoms with Crippen LogP contribution in [0, 0.1) is 0 Å². The van der Waals surface area contributed by atoms with Gasteiger partial charge in [0.2, 0.25) is 11.7 Å². The Kier molecular flexibility index (Phi) is 5.20. The third kappa shape index (κ3) is 3.81. The van der Waals surface area contributed by atoms with E-state index in [1.807, 2.05) is 34.9 Å². The van der Waals surface area contributed by atoms with Crippen molar-refractivity contribution < 1.29 is 9.21 Å². The van der Waals surface area contributed by atoms with Crippen LogP contribution in [0.5, 0.6) is 0 Å². The molecular weight excluding hydrogens is 374 g/mol. The Hall–Kier alpha value is -3.39. The van der Waals surface area contributed by atoms with Crippen molar-refractivity contribution in [1.29, 1.82) is 0 Å². The largest absolute Gasteiger partial charge is 0.453 e. The molecule has 3 heterocycles. The van der Waals surface area contributed by atoms with Gasteiger partial charge in [-0.05, 0) is 24.3 Å². The van der Waals surface area contributed by atoms with E-state index < -0.39 is 0 Å². The summed E-state index contributed by atoms with van der Waals surface area (Å²) in [7, 11) is 0. The molecule has 0 atom stereocenters. The molecule has 0 fully saturated rings. The fourth-order valence-electron chi connectivity index (χ4n) is 2.73. The zero-order chi connectivity index (χ0) is 19.3. The average Bonchev–Trinajstić information content (AvgIpc) is 3.31. The van der Waals surface area contributed by atoms with E-state index in [-0.39, 0.29) is 11.7 Å². The molecule has 7 nitrogen and oxygen atoms in total. The second-order valence-corrected chi connectivity index (χ2v) is 6.87. The minimum Gasteiger partial charge on any atom is -0.453 e. The number of fused-ring (bicyclic) bond motifs is 1. The molecule has 0 radical (unpaired) electrons. The predicted octanol–water partition coefficient (Wildman–Crippen LogP) is 4.00. The Morgan fingerprint density at radius 3 is 2.93 bits per heavy atom. The highest BCUT2D eigenvalue weighted by atomic mass is 32.2. The number of hydrogen-bond donors (Lipinski definition) is 1. The van der Waals surface area contributed by atoms with Crippen LogP contribution in [0.1, 0.15) is 0 Å². The van der Waals surface area contributed by atoms with Gasteiger partial charge in [-0.1, -0.05) is 36.0 Å². The minimum atomic E-state index is -0.142. The molecule has 4 rings (SSSR count). The Labute approximate surface area is 165 Å². The summed E-state index contributed by atoms with van der Waals surface area (Å²) in [5, 5.41) is 12.9. The average molecular weight is 391 g/mol. The van der Waals surface area contributed by atoms with Crippen molar-refractivity contribution in [2.75, 3.05) is 11.1 Å². The number of hydrogen-bond acceptors (Lipinski definition) is 6. The van der Waals surface area contributed by atoms with Crippen LogP contribution in [-0.4, -0.2) is 31.4 Å². The number of para-hydroxylation sites is 1. The molecule has 1 aromatic carbocycles. The molecule has 8 heteroatoms. The lowest BCUT2D eigenvalue weighted by molar-refractivity contribution is -0.113. The molecule has 1 N–H and O–H groups in total. The summed E-state index contributed by atoms with van der Waals surface area (Å²) in [4.78, 5) is 16.2. The first-order chi connectivity index (χ1) is 13.7. The molecule has 1 amide bonds. The van der Waals surface area contributed by atoms with Crippen LogP contribution < -0.4 is 5.32 Å². The van der Waals surface area contributed by atoms with Crippen LogP contribution in [0.15, 0.2) is 77.1 Å². The number of carbonyl (C=O) groups is 1. The van der Waals surface area contributed by atoms with Crippen LogP contribution in [0.25, 0.3) is 22.6 Å². The standard InChI is InChI=1S/C20H17N5O2S/c1-2-10-25-19(17-11-14-6-3-4-8-16(14)27-17)23-24-20(25)28-13-18(26)22-15-7-5-9-21-12-15/h2-9,11-12H,1,10,13H2,(H,22,26). The lowest BCUT2D eigenvalue weighted by atomic mass is 10.2. The summed E-state index contributed by atoms with van der Waals surface area (Å²) < 4.78 is 7.79. The summed E-state index contributed by atoms with van der Waals surface area (Å²) >= 11 is 1.30. The number of rotatable bonds is 7. The van der Waals surface area contributed by atoms with E-state index in [0.29, 0.717) is 29.0 Å². The Morgan fingerprint density at radius 1 is 1.25 bits per heavy atom. The predicted molar refractivity (Wildman–Crippen MR) is 109 cm³/mol. The van der Waals surface area contributed by atoms with E-state index in [1.165, 1.54) is 11.8 Å². The number of allylic oxidation sites excluding steroid dienone is 1. The first-order valence-corrected chi connectivity index (χ1v) is 9.59. The molecule has 28 heavy (non-hydrogen) atoms. The summed E-state index contributed by atoms with van der Waals surface area (Å²) in [6.07, 6.45) is 5.01. The van der Waals surface area contributed by atoms with Crippen molar-refractivity contribution in [1.82, 2.24) is 19.7 Å². The summed E-state index contributed by atoms with van der Waals surface area (Å²) in [6, 6.07) is 13.3. The van der Waals surface area contributed by atoms with Gasteiger partial charge >= 0.3 is 0 Å². The maximum atomic E-state index is 12.2. The molecule has 0 saturated carbocycles. The van der Waals surface area contributed by atoms with Gasteiger partial charge in [0.25, 0.3) is 0 Å². The summed E-state index contributed by atoms with van der Waals surface area (Å²) in [5.41, 5.74) is 1.44. The lowest BCUT2D eigenvalue weighted by Gasteiger charge is -2.07. The fraction of sp³-hybridized carbons (Fsp3) is 0.100. The number of aromatic nitrogens is 4. The molecule has 0 bridgehead atoms. The molecule has 140 valence electrons. The number of carbonyl (C=O) groups excluding carboxylic acids is 1. The molecule has 4 aromatic rings. The van der Waals surface area contributed by atoms with E-state index >= 15 is 0 Å². The van der Waals surface area contributed by atoms with Crippen LogP contribution in [0.3, 0.4) is 0 Å². The topological polar surface area (TPSA) is 85.8 Å². The zero-order valence-corrected chi connectivity index (χ0v) is 15.7. The smallest absolute Gasteiger partial charge is 0.234 e. The molecule has 0 unspecified atom stereocenters. The second kappa shape index (κ2) is 8.10. The van der Waals surface area contributed by atoms with Gasteiger partial charge in [-0.25, -0.2) is 0 Å². The SMILES string of the molecule is C=CCn1c(SCC(=O)Nc2cccnc2)nnc1-c1cc2ccccc2o1. The highest BCUT2D eigenvalue weighted by Crippen LogP contribution is 2.29. The molecule has 3 aromatic heterocycles. The van der Waals surface area contributed by atoms with Crippen molar-refractivity contribution in [3.63, 3.8) is 0 Å². The molecule has 0 aliphatic rings. The summed E-state index contributed by atoms with van der Waals surface area (Å²) in [5.74, 6) is 1.29. The second-order valence-electron chi connectivity index (χ2n) is 5.93. The van der Waals surface area contributed by atoms with E-state index in [0.717, 1.165) is 11.0 Å². The number of pyridine rings is 1. The molecule has 0 aliphatic heterocycles. The summed E-state index contributed by atoms with van der Waals surface area (Å²) in [6.45, 7) is 4.31. The van der Waals surface area contributed by atoms with Gasteiger partial charge in [-0.15, -0.1) is 16.8 Å². The normalized spacial score (nSPS) is 10.9. The number of nitrogens with zero attached hydrogens (tertiary/aromatic N) is 4. The van der Waals surface area contributed by atoms with E-state index in [2.05, 4.69) is 27.1 Å². The van der Waals surface area contributed by atoms with Gasteiger partial charge in [-0.3, -0.25) is 14.3 Å². The van der Waals surface area contributed by atoms with Gasteiger partial charge < -0.3 is 9.73 Å². The van der Waals surface area contributed by atoms with E-state index in [1.54, 1.807) is 30.6 Å². The van der Waals surface area contributed by atoms with Crippen LogP contribution in [0.2, 0.25) is 0 Å². The molecule has 0 saturated heterocycles. The van der Waals surface area contributed by atoms with Gasteiger partial charge in [-0.2, -0.15) is 0 Å². The number of thioether (sulfide) groups is 1. The minimum absolute atomic E-state index is 0.142. The van der Waals surface area contributed by atoms with Gasteiger partial charge in [0.05, 0.1) is 17.6 Å². The Bertz CT molecular complexity index is 1090. The van der Waals surface area contributed by atoms with E-state index in [4.69, 9.17) is 4.42 Å². The molecule has 0 spiro atoms. The van der Waals surface area contributed by atoms with Gasteiger partial charge in [0, 0.05) is 18.1 Å². The third-order valence-corrected chi connectivity index (χ3v) is 4.92. The first-order valence-electron chi connectivity index (χ1n) is 8.60. The van der Waals surface area contributed by atoms with Crippen LogP contribution >= 0.6 is 11.8 Å². The fourth-order valence-corrected chi connectivity index (χ4v) is 3.48. The van der Waals surface area contributed by atoms with Crippen molar-refractivity contribution in [2.45, 2.75) is 11.7 Å². The van der Waals surface area contributed by atoms with Crippen LogP contribution in [0.4, 0.5) is 5.69 Å². The Morgan fingerprint density at radius 2 is 2.14 bits per heavy atom. The monoisotopic (exact) mass is 391 g/mol. The highest BCUT2D eigenvalue weighted by molar-refractivity contribution is 7.99.